The van der Waals surface area contributed by atoms with Crippen molar-refractivity contribution in [2.75, 3.05) is 25.4 Å². The summed E-state index contributed by atoms with van der Waals surface area (Å²) < 4.78 is 10.5. The number of ketones is 1. The summed E-state index contributed by atoms with van der Waals surface area (Å²) in [6, 6.07) is 0. The van der Waals surface area contributed by atoms with Gasteiger partial charge in [0.2, 0.25) is 5.91 Å². The Bertz CT molecular complexity index is 707. The molecule has 11 heteroatoms. The number of ether oxygens (including phenoxy) is 2. The lowest BCUT2D eigenvalue weighted by Crippen LogP contribution is -2.49. The molecule has 0 aromatic carbocycles. The SMILES string of the molecule is CCC(=O)OCC(C)(C)[C@H]1OC(=O)CCC(=O)CC(=O)SCCNC(=O)CCNC1=O. The first-order valence-electron chi connectivity index (χ1n) is 10.1. The molecular formula is C20H30N2O8S. The number of nitrogens with one attached hydrogen (secondary N) is 2. The van der Waals surface area contributed by atoms with Gasteiger partial charge in [0.1, 0.15) is 12.4 Å². The van der Waals surface area contributed by atoms with Crippen LogP contribution < -0.4 is 10.6 Å². The Morgan fingerprint density at radius 1 is 1.10 bits per heavy atom. The maximum absolute atomic E-state index is 12.7. The van der Waals surface area contributed by atoms with E-state index in [0.717, 1.165) is 11.8 Å². The molecule has 0 unspecified atom stereocenters. The molecule has 1 heterocycles. The molecule has 0 aromatic heterocycles. The smallest absolute Gasteiger partial charge is 0.307 e. The van der Waals surface area contributed by atoms with E-state index in [1.165, 1.54) is 0 Å². The number of hydrogen-bond donors (Lipinski definition) is 2. The second-order valence-corrected chi connectivity index (χ2v) is 8.85. The molecule has 1 fully saturated rings. The molecule has 1 atom stereocenters. The van der Waals surface area contributed by atoms with Crippen LogP contribution in [0.1, 0.15) is 52.9 Å². The Hall–Kier alpha value is -2.43. The Labute approximate surface area is 185 Å². The van der Waals surface area contributed by atoms with Crippen molar-refractivity contribution in [2.24, 2.45) is 5.41 Å². The van der Waals surface area contributed by atoms with Crippen LogP contribution in [0, 0.1) is 5.41 Å². The van der Waals surface area contributed by atoms with E-state index in [2.05, 4.69) is 10.6 Å². The van der Waals surface area contributed by atoms with E-state index in [1.807, 2.05) is 0 Å². The predicted octanol–water partition coefficient (Wildman–Crippen LogP) is 0.513. The number of hydrogen-bond acceptors (Lipinski definition) is 9. The minimum atomic E-state index is -1.31. The monoisotopic (exact) mass is 458 g/mol. The van der Waals surface area contributed by atoms with Crippen LogP contribution in [0.5, 0.6) is 0 Å². The van der Waals surface area contributed by atoms with Crippen molar-refractivity contribution >= 4 is 46.4 Å². The van der Waals surface area contributed by atoms with E-state index >= 15 is 0 Å². The molecule has 174 valence electrons. The van der Waals surface area contributed by atoms with Crippen molar-refractivity contribution in [1.29, 1.82) is 0 Å². The van der Waals surface area contributed by atoms with E-state index in [0.29, 0.717) is 5.75 Å². The molecule has 0 aliphatic carbocycles. The molecule has 10 nitrogen and oxygen atoms in total. The standard InChI is InChI=1S/C20H30N2O8S/c1-4-15(25)29-12-20(2,3)18-19(28)22-8-7-14(24)21-9-10-31-17(27)11-13(23)5-6-16(26)30-18/h18H,4-12H2,1-3H3,(H,21,24)(H,22,28)/t18-/m0/s1. The summed E-state index contributed by atoms with van der Waals surface area (Å²) in [4.78, 5) is 72.1. The highest BCUT2D eigenvalue weighted by molar-refractivity contribution is 8.13. The molecule has 31 heavy (non-hydrogen) atoms. The Balaban J connectivity index is 2.93. The molecule has 0 spiro atoms. The predicted molar refractivity (Wildman–Crippen MR) is 112 cm³/mol. The fraction of sp³-hybridized carbons (Fsp3) is 0.700. The van der Waals surface area contributed by atoms with Crippen LogP contribution in [0.4, 0.5) is 0 Å². The van der Waals surface area contributed by atoms with E-state index in [4.69, 9.17) is 9.47 Å². The first-order valence-corrected chi connectivity index (χ1v) is 11.1. The number of rotatable bonds is 4. The van der Waals surface area contributed by atoms with E-state index in [9.17, 15) is 28.8 Å². The lowest BCUT2D eigenvalue weighted by atomic mass is 9.86. The third kappa shape index (κ3) is 10.4. The van der Waals surface area contributed by atoms with Gasteiger partial charge in [0.25, 0.3) is 5.91 Å². The van der Waals surface area contributed by atoms with Crippen LogP contribution in [0.3, 0.4) is 0 Å². The molecule has 2 amide bonds. The van der Waals surface area contributed by atoms with Gasteiger partial charge in [0, 0.05) is 43.5 Å². The van der Waals surface area contributed by atoms with Gasteiger partial charge in [-0.05, 0) is 0 Å². The molecule has 1 rings (SSSR count). The van der Waals surface area contributed by atoms with Crippen molar-refractivity contribution in [1.82, 2.24) is 10.6 Å². The summed E-state index contributed by atoms with van der Waals surface area (Å²) >= 11 is 0.935. The summed E-state index contributed by atoms with van der Waals surface area (Å²) in [6.07, 6.45) is -1.97. The zero-order valence-electron chi connectivity index (χ0n) is 18.1. The maximum atomic E-state index is 12.7. The Morgan fingerprint density at radius 2 is 1.81 bits per heavy atom. The first kappa shape index (κ1) is 26.6. The summed E-state index contributed by atoms with van der Waals surface area (Å²) in [5.41, 5.74) is -1.06. The first-order chi connectivity index (χ1) is 14.5. The third-order valence-corrected chi connectivity index (χ3v) is 5.25. The molecular weight excluding hydrogens is 428 g/mol. The topological polar surface area (TPSA) is 145 Å². The second kappa shape index (κ2) is 13.1. The minimum Gasteiger partial charge on any atom is -0.465 e. The number of cyclic esters (lactones) is 1. The summed E-state index contributed by atoms with van der Waals surface area (Å²) in [5, 5.41) is 4.84. The molecule has 0 aromatic rings. The van der Waals surface area contributed by atoms with Gasteiger partial charge < -0.3 is 20.1 Å². The molecule has 1 aliphatic rings. The summed E-state index contributed by atoms with van der Waals surface area (Å²) in [7, 11) is 0. The van der Waals surface area contributed by atoms with Gasteiger partial charge in [-0.2, -0.15) is 0 Å². The molecule has 0 saturated carbocycles. The number of esters is 2. The van der Waals surface area contributed by atoms with Gasteiger partial charge in [0.05, 0.1) is 12.8 Å². The van der Waals surface area contributed by atoms with E-state index in [1.54, 1.807) is 20.8 Å². The molecule has 0 bridgehead atoms. The fourth-order valence-electron chi connectivity index (χ4n) is 2.58. The van der Waals surface area contributed by atoms with Gasteiger partial charge in [-0.1, -0.05) is 32.5 Å². The Kier molecular flexibility index (Phi) is 11.2. The molecule has 0 radical (unpaired) electrons. The highest BCUT2D eigenvalue weighted by Crippen LogP contribution is 2.25. The molecule has 2 N–H and O–H groups in total. The van der Waals surface area contributed by atoms with Gasteiger partial charge in [-0.25, -0.2) is 0 Å². The quantitative estimate of drug-likeness (QED) is 0.455. The van der Waals surface area contributed by atoms with Gasteiger partial charge >= 0.3 is 11.9 Å². The van der Waals surface area contributed by atoms with Crippen LogP contribution in [0.2, 0.25) is 0 Å². The summed E-state index contributed by atoms with van der Waals surface area (Å²) in [6.45, 7) is 4.91. The lowest BCUT2D eigenvalue weighted by Gasteiger charge is -2.32. The number of carbonyl (C=O) groups is 6. The van der Waals surface area contributed by atoms with Crippen molar-refractivity contribution in [2.45, 2.75) is 59.0 Å². The molecule has 1 aliphatic heterocycles. The minimum absolute atomic E-state index is 0.00520. The zero-order chi connectivity index (χ0) is 23.4. The van der Waals surface area contributed by atoms with Crippen LogP contribution in [0.25, 0.3) is 0 Å². The second-order valence-electron chi connectivity index (χ2n) is 7.70. The molecule has 1 saturated heterocycles. The van der Waals surface area contributed by atoms with E-state index in [-0.39, 0.29) is 62.8 Å². The Morgan fingerprint density at radius 3 is 2.48 bits per heavy atom. The lowest BCUT2D eigenvalue weighted by molar-refractivity contribution is -0.169. The summed E-state index contributed by atoms with van der Waals surface area (Å²) in [5.74, 6) is -2.31. The average molecular weight is 459 g/mol. The van der Waals surface area contributed by atoms with Crippen LogP contribution in [-0.2, 0) is 38.2 Å². The van der Waals surface area contributed by atoms with E-state index < -0.39 is 35.1 Å². The van der Waals surface area contributed by atoms with Crippen LogP contribution in [0.15, 0.2) is 0 Å². The van der Waals surface area contributed by atoms with Crippen LogP contribution >= 0.6 is 11.8 Å². The maximum Gasteiger partial charge on any atom is 0.307 e. The highest BCUT2D eigenvalue weighted by atomic mass is 32.2. The number of Topliss-reactive ketones (excluding diaryl/α,β-unsaturated/α-hetero) is 1. The zero-order valence-corrected chi connectivity index (χ0v) is 18.9. The van der Waals surface area contributed by atoms with Crippen LogP contribution in [-0.4, -0.2) is 66.2 Å². The van der Waals surface area contributed by atoms with Gasteiger partial charge in [-0.15, -0.1) is 0 Å². The largest absolute Gasteiger partial charge is 0.465 e. The van der Waals surface area contributed by atoms with Gasteiger partial charge in [0.15, 0.2) is 11.2 Å². The highest BCUT2D eigenvalue weighted by Gasteiger charge is 2.39. The normalized spacial score (nSPS) is 20.9. The fourth-order valence-corrected chi connectivity index (χ4v) is 3.27. The van der Waals surface area contributed by atoms with Crippen molar-refractivity contribution in [3.8, 4) is 0 Å². The number of thioether (sulfide) groups is 1. The van der Waals surface area contributed by atoms with Crippen molar-refractivity contribution in [3.05, 3.63) is 0 Å². The van der Waals surface area contributed by atoms with Gasteiger partial charge in [-0.3, -0.25) is 28.8 Å². The third-order valence-electron chi connectivity index (χ3n) is 4.38. The average Bonchev–Trinajstić information content (AvgIpc) is 2.71. The number of amides is 2. The van der Waals surface area contributed by atoms with Crippen molar-refractivity contribution in [3.63, 3.8) is 0 Å². The number of carbonyl (C=O) groups excluding carboxylic acids is 6. The van der Waals surface area contributed by atoms with Crippen molar-refractivity contribution < 1.29 is 38.2 Å².